The van der Waals surface area contributed by atoms with Gasteiger partial charge in [0.1, 0.15) is 5.75 Å². The molecule has 0 fully saturated rings. The second-order valence-electron chi connectivity index (χ2n) is 3.77. The molecule has 2 N–H and O–H groups in total. The van der Waals surface area contributed by atoms with Gasteiger partial charge in [0, 0.05) is 17.1 Å². The van der Waals surface area contributed by atoms with Crippen LogP contribution in [0.1, 0.15) is 12.1 Å². The quantitative estimate of drug-likeness (QED) is 0.797. The molecule has 0 saturated carbocycles. The Balaban J connectivity index is 2.34. The fourth-order valence-electron chi connectivity index (χ4n) is 1.65. The van der Waals surface area contributed by atoms with Gasteiger partial charge in [0.25, 0.3) is 0 Å². The second-order valence-corrected chi connectivity index (χ2v) is 3.77. The van der Waals surface area contributed by atoms with E-state index in [0.717, 1.165) is 28.8 Å². The van der Waals surface area contributed by atoms with Crippen molar-refractivity contribution in [3.8, 4) is 5.75 Å². The largest absolute Gasteiger partial charge is 0.493 e. The van der Waals surface area contributed by atoms with E-state index in [-0.39, 0.29) is 0 Å². The first kappa shape index (κ1) is 10.9. The zero-order chi connectivity index (χ0) is 11.4. The summed E-state index contributed by atoms with van der Waals surface area (Å²) in [5.74, 6) is 0.900. The molecule has 0 aliphatic carbocycles. The molecule has 1 aromatic carbocycles. The lowest BCUT2D eigenvalue weighted by molar-refractivity contribution is 0.316. The van der Waals surface area contributed by atoms with Crippen LogP contribution in [-0.4, -0.2) is 18.1 Å². The number of aromatic nitrogens is 1. The molecular weight excluding hydrogens is 200 g/mol. The van der Waals surface area contributed by atoms with Crippen LogP contribution in [0.4, 0.5) is 0 Å². The third-order valence-electron chi connectivity index (χ3n) is 2.41. The Hall–Kier alpha value is -1.61. The van der Waals surface area contributed by atoms with Gasteiger partial charge < -0.3 is 10.5 Å². The van der Waals surface area contributed by atoms with Crippen LogP contribution in [0.3, 0.4) is 0 Å². The van der Waals surface area contributed by atoms with Gasteiger partial charge in [0.2, 0.25) is 0 Å². The number of hydrogen-bond acceptors (Lipinski definition) is 3. The minimum Gasteiger partial charge on any atom is -0.493 e. The number of nitrogens with zero attached hydrogens (tertiary/aromatic N) is 1. The number of ether oxygens (including phenoxy) is 1. The number of rotatable bonds is 4. The third kappa shape index (κ3) is 2.31. The topological polar surface area (TPSA) is 48.1 Å². The average Bonchev–Trinajstić information content (AvgIpc) is 2.29. The Morgan fingerprint density at radius 1 is 1.31 bits per heavy atom. The number of pyridine rings is 1. The first-order valence-electron chi connectivity index (χ1n) is 5.50. The van der Waals surface area contributed by atoms with Crippen molar-refractivity contribution in [2.24, 2.45) is 5.73 Å². The zero-order valence-corrected chi connectivity index (χ0v) is 9.44. The molecule has 3 heteroatoms. The van der Waals surface area contributed by atoms with Gasteiger partial charge in [-0.25, -0.2) is 0 Å². The van der Waals surface area contributed by atoms with Crippen molar-refractivity contribution in [2.75, 3.05) is 13.2 Å². The Kier molecular flexibility index (Phi) is 3.37. The van der Waals surface area contributed by atoms with E-state index < -0.39 is 0 Å². The van der Waals surface area contributed by atoms with E-state index in [0.29, 0.717) is 13.2 Å². The van der Waals surface area contributed by atoms with Crippen molar-refractivity contribution < 1.29 is 4.74 Å². The number of fused-ring (bicyclic) bond motifs is 1. The van der Waals surface area contributed by atoms with E-state index >= 15 is 0 Å². The summed E-state index contributed by atoms with van der Waals surface area (Å²) in [5.41, 5.74) is 7.39. The zero-order valence-electron chi connectivity index (χ0n) is 9.44. The van der Waals surface area contributed by atoms with Crippen molar-refractivity contribution in [3.05, 3.63) is 36.0 Å². The molecule has 2 rings (SSSR count). The lowest BCUT2D eigenvalue weighted by Crippen LogP contribution is -2.06. The molecule has 0 aliphatic rings. The number of benzene rings is 1. The number of para-hydroxylation sites is 1. The van der Waals surface area contributed by atoms with E-state index in [1.807, 2.05) is 37.3 Å². The summed E-state index contributed by atoms with van der Waals surface area (Å²) in [7, 11) is 0. The summed E-state index contributed by atoms with van der Waals surface area (Å²) in [6.07, 6.45) is 0.871. The van der Waals surface area contributed by atoms with E-state index in [4.69, 9.17) is 10.5 Å². The van der Waals surface area contributed by atoms with Crippen molar-refractivity contribution in [3.63, 3.8) is 0 Å². The Labute approximate surface area is 95.2 Å². The SMILES string of the molecule is Cc1cc(OCCCN)c2ccccc2n1. The maximum atomic E-state index is 5.72. The number of hydrogen-bond donors (Lipinski definition) is 1. The molecule has 0 amide bonds. The van der Waals surface area contributed by atoms with Crippen LogP contribution >= 0.6 is 0 Å². The smallest absolute Gasteiger partial charge is 0.130 e. The number of nitrogens with two attached hydrogens (primary N) is 1. The molecule has 0 aliphatic heterocycles. The summed E-state index contributed by atoms with van der Waals surface area (Å²) in [6.45, 7) is 3.29. The van der Waals surface area contributed by atoms with Crippen LogP contribution in [0.5, 0.6) is 5.75 Å². The molecule has 0 bridgehead atoms. The van der Waals surface area contributed by atoms with Gasteiger partial charge in [0.05, 0.1) is 12.1 Å². The molecule has 0 spiro atoms. The standard InChI is InChI=1S/C13H16N2O/c1-10-9-13(16-8-4-7-14)11-5-2-3-6-12(11)15-10/h2-3,5-6,9H,4,7-8,14H2,1H3. The molecule has 3 nitrogen and oxygen atoms in total. The van der Waals surface area contributed by atoms with Crippen LogP contribution < -0.4 is 10.5 Å². The number of aryl methyl sites for hydroxylation is 1. The minimum atomic E-state index is 0.655. The third-order valence-corrected chi connectivity index (χ3v) is 2.41. The molecule has 2 aromatic rings. The summed E-state index contributed by atoms with van der Waals surface area (Å²) in [6, 6.07) is 9.98. The molecule has 0 unspecified atom stereocenters. The van der Waals surface area contributed by atoms with E-state index in [2.05, 4.69) is 4.98 Å². The second kappa shape index (κ2) is 4.94. The van der Waals surface area contributed by atoms with Crippen molar-refractivity contribution in [1.29, 1.82) is 0 Å². The molecule has 84 valence electrons. The van der Waals surface area contributed by atoms with Crippen molar-refractivity contribution >= 4 is 10.9 Å². The van der Waals surface area contributed by atoms with Gasteiger partial charge in [-0.3, -0.25) is 4.98 Å². The Bertz CT molecular complexity index is 482. The highest BCUT2D eigenvalue weighted by Crippen LogP contribution is 2.25. The van der Waals surface area contributed by atoms with Crippen molar-refractivity contribution in [1.82, 2.24) is 4.98 Å². The van der Waals surface area contributed by atoms with Crippen LogP contribution in [-0.2, 0) is 0 Å². The Morgan fingerprint density at radius 2 is 2.12 bits per heavy atom. The van der Waals surface area contributed by atoms with E-state index in [1.54, 1.807) is 0 Å². The highest BCUT2D eigenvalue weighted by atomic mass is 16.5. The van der Waals surface area contributed by atoms with Crippen LogP contribution in [0.2, 0.25) is 0 Å². The van der Waals surface area contributed by atoms with Crippen LogP contribution in [0.15, 0.2) is 30.3 Å². The molecule has 16 heavy (non-hydrogen) atoms. The summed E-state index contributed by atoms with van der Waals surface area (Å²) < 4.78 is 5.72. The van der Waals surface area contributed by atoms with Gasteiger partial charge >= 0.3 is 0 Å². The fourth-order valence-corrected chi connectivity index (χ4v) is 1.65. The summed E-state index contributed by atoms with van der Waals surface area (Å²) in [4.78, 5) is 4.46. The molecule has 1 aromatic heterocycles. The highest BCUT2D eigenvalue weighted by molar-refractivity contribution is 5.85. The van der Waals surface area contributed by atoms with Gasteiger partial charge in [-0.05, 0) is 32.0 Å². The van der Waals surface area contributed by atoms with Gasteiger partial charge in [-0.15, -0.1) is 0 Å². The van der Waals surface area contributed by atoms with Gasteiger partial charge in [-0.2, -0.15) is 0 Å². The van der Waals surface area contributed by atoms with E-state index in [9.17, 15) is 0 Å². The predicted octanol–water partition coefficient (Wildman–Crippen LogP) is 2.27. The fraction of sp³-hybridized carbons (Fsp3) is 0.308. The Morgan fingerprint density at radius 3 is 2.94 bits per heavy atom. The first-order chi connectivity index (χ1) is 7.81. The van der Waals surface area contributed by atoms with Crippen molar-refractivity contribution in [2.45, 2.75) is 13.3 Å². The molecule has 1 heterocycles. The molecule has 0 saturated heterocycles. The lowest BCUT2D eigenvalue weighted by Gasteiger charge is -2.09. The minimum absolute atomic E-state index is 0.655. The highest BCUT2D eigenvalue weighted by Gasteiger charge is 2.03. The summed E-state index contributed by atoms with van der Waals surface area (Å²) in [5, 5.41) is 1.06. The molecule has 0 radical (unpaired) electrons. The van der Waals surface area contributed by atoms with Gasteiger partial charge in [0.15, 0.2) is 0 Å². The normalized spacial score (nSPS) is 10.6. The maximum absolute atomic E-state index is 5.72. The van der Waals surface area contributed by atoms with Crippen LogP contribution in [0, 0.1) is 6.92 Å². The predicted molar refractivity (Wildman–Crippen MR) is 65.6 cm³/mol. The van der Waals surface area contributed by atoms with E-state index in [1.165, 1.54) is 0 Å². The monoisotopic (exact) mass is 216 g/mol. The molecular formula is C13H16N2O. The average molecular weight is 216 g/mol. The maximum Gasteiger partial charge on any atom is 0.130 e. The molecule has 0 atom stereocenters. The van der Waals surface area contributed by atoms with Crippen LogP contribution in [0.25, 0.3) is 10.9 Å². The lowest BCUT2D eigenvalue weighted by atomic mass is 10.2. The van der Waals surface area contributed by atoms with Gasteiger partial charge in [-0.1, -0.05) is 12.1 Å². The summed E-state index contributed by atoms with van der Waals surface area (Å²) >= 11 is 0. The first-order valence-corrected chi connectivity index (χ1v) is 5.50.